The third-order valence-corrected chi connectivity index (χ3v) is 18.2. The zero-order chi connectivity index (χ0) is 20.2. The van der Waals surface area contributed by atoms with Crippen LogP contribution in [0.2, 0.25) is 13.1 Å². The van der Waals surface area contributed by atoms with Crippen molar-refractivity contribution in [2.24, 2.45) is 5.92 Å². The van der Waals surface area contributed by atoms with Crippen LogP contribution in [0.25, 0.3) is 6.08 Å². The van der Waals surface area contributed by atoms with Crippen molar-refractivity contribution in [1.82, 2.24) is 0 Å². The first-order valence-electron chi connectivity index (χ1n) is 9.80. The Morgan fingerprint density at radius 1 is 1.04 bits per heavy atom. The zero-order valence-corrected chi connectivity index (χ0v) is 24.8. The van der Waals surface area contributed by atoms with Gasteiger partial charge < -0.3 is 0 Å². The van der Waals surface area contributed by atoms with Crippen molar-refractivity contribution in [3.8, 4) is 0 Å². The van der Waals surface area contributed by atoms with E-state index in [4.69, 9.17) is 0 Å². The summed E-state index contributed by atoms with van der Waals surface area (Å²) in [6.45, 7) is 12.0. The van der Waals surface area contributed by atoms with E-state index in [0.717, 1.165) is 0 Å². The predicted molar refractivity (Wildman–Crippen MR) is 129 cm³/mol. The number of allylic oxidation sites excluding steroid dienone is 9. The second-order valence-corrected chi connectivity index (χ2v) is 36.1. The van der Waals surface area contributed by atoms with E-state index < -0.39 is 25.2 Å². The van der Waals surface area contributed by atoms with Gasteiger partial charge in [-0.05, 0) is 0 Å². The van der Waals surface area contributed by atoms with Crippen LogP contribution in [-0.4, -0.2) is 13.6 Å². The zero-order valence-electron chi connectivity index (χ0n) is 17.0. The molecule has 4 heteroatoms. The quantitative estimate of drug-likeness (QED) is 0.282. The van der Waals surface area contributed by atoms with Crippen molar-refractivity contribution in [2.45, 2.75) is 39.8 Å². The summed E-state index contributed by atoms with van der Waals surface area (Å²) in [6.07, 6.45) is 9.50. The van der Waals surface area contributed by atoms with Crippen LogP contribution in [0.15, 0.2) is 73.7 Å². The number of hydrogen-bond donors (Lipinski definition) is 0. The molecule has 0 nitrogen and oxygen atoms in total. The van der Waals surface area contributed by atoms with E-state index in [1.165, 1.54) is 27.8 Å². The van der Waals surface area contributed by atoms with Crippen molar-refractivity contribution in [2.75, 3.05) is 0 Å². The number of fused-ring (bicyclic) bond motifs is 2. The molecule has 0 fully saturated rings. The van der Waals surface area contributed by atoms with Gasteiger partial charge in [-0.25, -0.2) is 0 Å². The SMILES string of the molecule is CC1=Cc2ccccc2C1C1=C2C(=CC=CC(=[Si](C)C)C2C)[C]([Hf]([Br])[Br])=C1C. The molecule has 0 bridgehead atoms. The van der Waals surface area contributed by atoms with Gasteiger partial charge in [0.15, 0.2) is 0 Å². The molecule has 0 aromatic heterocycles. The van der Waals surface area contributed by atoms with Gasteiger partial charge in [-0.3, -0.25) is 0 Å². The number of rotatable bonds is 2. The van der Waals surface area contributed by atoms with Crippen molar-refractivity contribution < 1.29 is 16.8 Å². The summed E-state index contributed by atoms with van der Waals surface area (Å²) in [5.74, 6) is 0.881. The second-order valence-electron chi connectivity index (χ2n) is 8.15. The van der Waals surface area contributed by atoms with Crippen LogP contribution in [0.4, 0.5) is 0 Å². The molecule has 1 aromatic rings. The molecule has 0 aliphatic heterocycles. The molecule has 0 saturated heterocycles. The van der Waals surface area contributed by atoms with Gasteiger partial charge >= 0.3 is 192 Å². The van der Waals surface area contributed by atoms with Crippen molar-refractivity contribution >= 4 is 44.2 Å². The molecule has 3 aliphatic rings. The summed E-state index contributed by atoms with van der Waals surface area (Å²) < 4.78 is 1.60. The molecule has 1 aromatic carbocycles. The van der Waals surface area contributed by atoms with E-state index in [1.807, 2.05) is 0 Å². The van der Waals surface area contributed by atoms with Crippen LogP contribution in [0.1, 0.15) is 37.8 Å². The molecule has 0 radical (unpaired) electrons. The van der Waals surface area contributed by atoms with Gasteiger partial charge in [-0.15, -0.1) is 0 Å². The third kappa shape index (κ3) is 3.36. The summed E-state index contributed by atoms with van der Waals surface area (Å²) in [4.78, 5) is 0. The average Bonchev–Trinajstić information content (AvgIpc) is 3.04. The van der Waals surface area contributed by atoms with E-state index in [-0.39, 0.29) is 0 Å². The van der Waals surface area contributed by atoms with Gasteiger partial charge in [-0.2, -0.15) is 0 Å². The Kier molecular flexibility index (Phi) is 6.15. The summed E-state index contributed by atoms with van der Waals surface area (Å²) in [5.41, 5.74) is 10.5. The molecule has 3 aliphatic carbocycles. The first-order chi connectivity index (χ1) is 13.3. The molecule has 4 rings (SSSR count). The fourth-order valence-corrected chi connectivity index (χ4v) is 17.9. The molecule has 143 valence electrons. The van der Waals surface area contributed by atoms with Crippen LogP contribution in [0.3, 0.4) is 0 Å². The monoisotopic (exact) mass is 679 g/mol. The van der Waals surface area contributed by atoms with E-state index in [2.05, 4.69) is 107 Å². The average molecular weight is 680 g/mol. The van der Waals surface area contributed by atoms with Gasteiger partial charge in [0.1, 0.15) is 0 Å². The molecule has 0 amide bonds. The van der Waals surface area contributed by atoms with Crippen LogP contribution >= 0.6 is 24.6 Å². The maximum absolute atomic E-state index is 4.04. The third-order valence-electron chi connectivity index (χ3n) is 6.27. The standard InChI is InChI=1S/C24H25Si.2BrH.Hf/c1-15-13-18-9-6-7-11-20(18)22(15)23-16(2)14-19-10-8-12-21(25(4)5)17(3)24(19)23;;;/h6-13,17,22H,1-5H3;2*1H;/q;;;+2/p-2. The fraction of sp³-hybridized carbons (Fsp3) is 0.292. The van der Waals surface area contributed by atoms with Crippen molar-refractivity contribution in [3.63, 3.8) is 0 Å². The van der Waals surface area contributed by atoms with Gasteiger partial charge in [0.2, 0.25) is 0 Å². The predicted octanol–water partition coefficient (Wildman–Crippen LogP) is 7.65. The molecule has 2 unspecified atom stereocenters. The van der Waals surface area contributed by atoms with Crippen LogP contribution in [0, 0.1) is 5.92 Å². The van der Waals surface area contributed by atoms with Crippen LogP contribution in [0.5, 0.6) is 0 Å². The summed E-state index contributed by atoms with van der Waals surface area (Å²) >= 11 is 5.98. The maximum atomic E-state index is 4.04. The number of benzene rings is 1. The molecular weight excluding hydrogens is 655 g/mol. The number of halogens is 2. The fourth-order valence-electron chi connectivity index (χ4n) is 5.08. The Morgan fingerprint density at radius 2 is 1.75 bits per heavy atom. The van der Waals surface area contributed by atoms with Crippen LogP contribution in [-0.2, 0) is 16.8 Å². The van der Waals surface area contributed by atoms with E-state index >= 15 is 0 Å². The Balaban J connectivity index is 2.01. The summed E-state index contributed by atoms with van der Waals surface area (Å²) in [7, 11) is -0.495. The minimum absolute atomic E-state index is 0.392. The molecule has 0 heterocycles. The molecule has 28 heavy (non-hydrogen) atoms. The Morgan fingerprint density at radius 3 is 2.43 bits per heavy atom. The van der Waals surface area contributed by atoms with Gasteiger partial charge in [-0.1, -0.05) is 0 Å². The summed E-state index contributed by atoms with van der Waals surface area (Å²) in [5, 5.41) is 1.64. The Bertz CT molecular complexity index is 1050. The van der Waals surface area contributed by atoms with E-state index in [1.54, 1.807) is 19.6 Å². The van der Waals surface area contributed by atoms with E-state index in [9.17, 15) is 0 Å². The molecular formula is C24H25Br2HfSi. The topological polar surface area (TPSA) is 0 Å². The van der Waals surface area contributed by atoms with Gasteiger partial charge in [0.05, 0.1) is 0 Å². The van der Waals surface area contributed by atoms with Gasteiger partial charge in [0.25, 0.3) is 0 Å². The Labute approximate surface area is 190 Å². The summed E-state index contributed by atoms with van der Waals surface area (Å²) in [6, 6.07) is 8.95. The Hall–Kier alpha value is -0.163. The normalized spacial score (nSPS) is 23.5. The molecule has 2 atom stereocenters. The molecule has 0 spiro atoms. The van der Waals surface area contributed by atoms with Gasteiger partial charge in [0, 0.05) is 0 Å². The van der Waals surface area contributed by atoms with Crippen molar-refractivity contribution in [1.29, 1.82) is 0 Å². The molecule has 0 N–H and O–H groups in total. The first-order valence-corrected chi connectivity index (χ1v) is 29.8. The first kappa shape index (κ1) is 21.1. The molecule has 0 saturated carbocycles. The van der Waals surface area contributed by atoms with Crippen LogP contribution < -0.4 is 0 Å². The number of hydrogen-bond acceptors (Lipinski definition) is 0. The van der Waals surface area contributed by atoms with Crippen molar-refractivity contribution in [3.05, 3.63) is 84.8 Å². The van der Waals surface area contributed by atoms with E-state index in [0.29, 0.717) is 11.8 Å². The second kappa shape index (κ2) is 8.17. The minimum atomic E-state index is -2.10.